The van der Waals surface area contributed by atoms with Gasteiger partial charge in [-0.05, 0) is 42.3 Å². The van der Waals surface area contributed by atoms with Crippen LogP contribution in [0.4, 0.5) is 5.82 Å². The molecule has 0 saturated carbocycles. The van der Waals surface area contributed by atoms with Crippen molar-refractivity contribution in [2.45, 2.75) is 31.9 Å². The summed E-state index contributed by atoms with van der Waals surface area (Å²) in [7, 11) is 0. The summed E-state index contributed by atoms with van der Waals surface area (Å²) in [6, 6.07) is 4.58. The molecule has 0 aromatic carbocycles. The highest BCUT2D eigenvalue weighted by atomic mass is 16.5. The largest absolute Gasteiger partial charge is 0.376 e. The Labute approximate surface area is 129 Å². The molecule has 2 fully saturated rings. The average Bonchev–Trinajstić information content (AvgIpc) is 3.02. The van der Waals surface area contributed by atoms with E-state index >= 15 is 0 Å². The van der Waals surface area contributed by atoms with Crippen molar-refractivity contribution in [3.63, 3.8) is 0 Å². The molecule has 1 atom stereocenters. The number of nitrogens with zero attached hydrogens (tertiary/aromatic N) is 7. The summed E-state index contributed by atoms with van der Waals surface area (Å²) < 4.78 is 7.13. The zero-order chi connectivity index (χ0) is 14.9. The lowest BCUT2D eigenvalue weighted by Crippen LogP contribution is -2.51. The van der Waals surface area contributed by atoms with E-state index in [1.54, 1.807) is 0 Å². The highest BCUT2D eigenvalue weighted by molar-refractivity contribution is 5.44. The molecule has 8 nitrogen and oxygen atoms in total. The van der Waals surface area contributed by atoms with Crippen LogP contribution in [0.5, 0.6) is 0 Å². The third-order valence-electron chi connectivity index (χ3n) is 4.63. The summed E-state index contributed by atoms with van der Waals surface area (Å²) in [5.41, 5.74) is 0.681. The number of anilines is 1. The number of rotatable bonds is 2. The maximum Gasteiger partial charge on any atom is 0.200 e. The fourth-order valence-electron chi connectivity index (χ4n) is 3.45. The van der Waals surface area contributed by atoms with E-state index in [1.807, 2.05) is 12.1 Å². The van der Waals surface area contributed by atoms with Crippen LogP contribution in [0.3, 0.4) is 0 Å². The summed E-state index contributed by atoms with van der Waals surface area (Å²) in [6.45, 7) is 7.18. The predicted octanol–water partition coefficient (Wildman–Crippen LogP) is 0.209. The first-order valence-electron chi connectivity index (χ1n) is 7.95. The standard InChI is InChI=1S/C14H21N7O/c1-11-10-20(8-9-22-11)12-4-6-19(7-5-12)14-3-2-13-15-17-18-21(13)16-14/h2-3,11-12H,4-10H2,1H3. The van der Waals surface area contributed by atoms with Crippen molar-refractivity contribution in [1.29, 1.82) is 0 Å². The first kappa shape index (κ1) is 13.8. The molecule has 4 heterocycles. The zero-order valence-corrected chi connectivity index (χ0v) is 12.8. The summed E-state index contributed by atoms with van der Waals surface area (Å²) in [5, 5.41) is 15.9. The maximum absolute atomic E-state index is 5.64. The SMILES string of the molecule is CC1CN(C2CCN(c3ccc4nnnn4n3)CC2)CCO1. The van der Waals surface area contributed by atoms with Gasteiger partial charge in [-0.15, -0.1) is 14.8 Å². The van der Waals surface area contributed by atoms with Crippen LogP contribution in [0.2, 0.25) is 0 Å². The van der Waals surface area contributed by atoms with Gasteiger partial charge in [0.2, 0.25) is 0 Å². The molecule has 1 unspecified atom stereocenters. The van der Waals surface area contributed by atoms with E-state index in [0.717, 1.165) is 38.6 Å². The van der Waals surface area contributed by atoms with Gasteiger partial charge in [-0.25, -0.2) is 0 Å². The zero-order valence-electron chi connectivity index (χ0n) is 12.8. The van der Waals surface area contributed by atoms with Gasteiger partial charge in [0.15, 0.2) is 11.5 Å². The second kappa shape index (κ2) is 5.77. The van der Waals surface area contributed by atoms with Crippen LogP contribution in [0.15, 0.2) is 12.1 Å². The molecule has 118 valence electrons. The van der Waals surface area contributed by atoms with Crippen molar-refractivity contribution < 1.29 is 4.74 Å². The molecule has 2 aliphatic rings. The Balaban J connectivity index is 1.40. The molecule has 8 heteroatoms. The minimum absolute atomic E-state index is 0.357. The predicted molar refractivity (Wildman–Crippen MR) is 80.8 cm³/mol. The quantitative estimate of drug-likeness (QED) is 0.785. The Morgan fingerprint density at radius 1 is 1.18 bits per heavy atom. The molecule has 2 aromatic rings. The van der Waals surface area contributed by atoms with E-state index in [1.165, 1.54) is 17.5 Å². The minimum atomic E-state index is 0.357. The van der Waals surface area contributed by atoms with Crippen LogP contribution < -0.4 is 4.90 Å². The lowest BCUT2D eigenvalue weighted by molar-refractivity contribution is -0.0373. The summed E-state index contributed by atoms with van der Waals surface area (Å²) in [5.74, 6) is 0.952. The van der Waals surface area contributed by atoms with Crippen molar-refractivity contribution in [3.8, 4) is 0 Å². The van der Waals surface area contributed by atoms with E-state index in [2.05, 4.69) is 37.3 Å². The molecule has 0 radical (unpaired) electrons. The number of ether oxygens (including phenoxy) is 1. The Hall–Kier alpha value is -1.80. The van der Waals surface area contributed by atoms with Crippen molar-refractivity contribution in [2.75, 3.05) is 37.7 Å². The Kier molecular flexibility index (Phi) is 3.63. The molecule has 0 N–H and O–H groups in total. The Bertz CT molecular complexity index is 637. The number of hydrogen-bond acceptors (Lipinski definition) is 7. The molecular weight excluding hydrogens is 282 g/mol. The van der Waals surface area contributed by atoms with Crippen LogP contribution >= 0.6 is 0 Å². The molecule has 0 amide bonds. The van der Waals surface area contributed by atoms with E-state index in [9.17, 15) is 0 Å². The van der Waals surface area contributed by atoms with Crippen LogP contribution in [0.25, 0.3) is 5.65 Å². The molecule has 2 aliphatic heterocycles. The van der Waals surface area contributed by atoms with Gasteiger partial charge in [0.25, 0.3) is 0 Å². The monoisotopic (exact) mass is 303 g/mol. The number of hydrogen-bond donors (Lipinski definition) is 0. The minimum Gasteiger partial charge on any atom is -0.376 e. The van der Waals surface area contributed by atoms with Gasteiger partial charge >= 0.3 is 0 Å². The first-order valence-corrected chi connectivity index (χ1v) is 7.95. The molecule has 2 saturated heterocycles. The molecular formula is C14H21N7O. The number of fused-ring (bicyclic) bond motifs is 1. The third kappa shape index (κ3) is 2.64. The smallest absolute Gasteiger partial charge is 0.200 e. The molecule has 22 heavy (non-hydrogen) atoms. The third-order valence-corrected chi connectivity index (χ3v) is 4.63. The Morgan fingerprint density at radius 2 is 2.05 bits per heavy atom. The molecule has 2 aromatic heterocycles. The number of piperidine rings is 1. The number of tetrazole rings is 1. The summed E-state index contributed by atoms with van der Waals surface area (Å²) in [4.78, 5) is 4.91. The van der Waals surface area contributed by atoms with Gasteiger partial charge in [0, 0.05) is 32.2 Å². The van der Waals surface area contributed by atoms with E-state index in [-0.39, 0.29) is 0 Å². The lowest BCUT2D eigenvalue weighted by Gasteiger charge is -2.41. The summed E-state index contributed by atoms with van der Waals surface area (Å²) >= 11 is 0. The molecule has 0 bridgehead atoms. The average molecular weight is 303 g/mol. The molecule has 4 rings (SSSR count). The lowest BCUT2D eigenvalue weighted by atomic mass is 10.0. The normalized spacial score (nSPS) is 25.0. The topological polar surface area (TPSA) is 71.7 Å². The van der Waals surface area contributed by atoms with Crippen molar-refractivity contribution in [2.24, 2.45) is 0 Å². The van der Waals surface area contributed by atoms with Gasteiger partial charge in [-0.1, -0.05) is 0 Å². The molecule has 0 aliphatic carbocycles. The van der Waals surface area contributed by atoms with Crippen LogP contribution in [0.1, 0.15) is 19.8 Å². The van der Waals surface area contributed by atoms with Crippen molar-refractivity contribution in [1.82, 2.24) is 30.2 Å². The second-order valence-corrected chi connectivity index (χ2v) is 6.11. The van der Waals surface area contributed by atoms with Gasteiger partial charge < -0.3 is 9.64 Å². The maximum atomic E-state index is 5.64. The van der Waals surface area contributed by atoms with Gasteiger partial charge in [-0.3, -0.25) is 4.90 Å². The van der Waals surface area contributed by atoms with E-state index < -0.39 is 0 Å². The highest BCUT2D eigenvalue weighted by Crippen LogP contribution is 2.22. The number of morpholine rings is 1. The van der Waals surface area contributed by atoms with Crippen LogP contribution in [0, 0.1) is 0 Å². The van der Waals surface area contributed by atoms with Crippen molar-refractivity contribution >= 4 is 11.5 Å². The highest BCUT2D eigenvalue weighted by Gasteiger charge is 2.28. The first-order chi connectivity index (χ1) is 10.8. The Morgan fingerprint density at radius 3 is 2.86 bits per heavy atom. The second-order valence-electron chi connectivity index (χ2n) is 6.11. The molecule has 0 spiro atoms. The fraction of sp³-hybridized carbons (Fsp3) is 0.714. The van der Waals surface area contributed by atoms with E-state index in [4.69, 9.17) is 4.74 Å². The van der Waals surface area contributed by atoms with Crippen LogP contribution in [-0.2, 0) is 4.74 Å². The number of aromatic nitrogens is 5. The van der Waals surface area contributed by atoms with Gasteiger partial charge in [0.1, 0.15) is 0 Å². The van der Waals surface area contributed by atoms with Gasteiger partial charge in [-0.2, -0.15) is 0 Å². The van der Waals surface area contributed by atoms with Gasteiger partial charge in [0.05, 0.1) is 12.7 Å². The van der Waals surface area contributed by atoms with Crippen LogP contribution in [-0.4, -0.2) is 75.1 Å². The van der Waals surface area contributed by atoms with E-state index in [0.29, 0.717) is 17.8 Å². The fourth-order valence-corrected chi connectivity index (χ4v) is 3.45. The summed E-state index contributed by atoms with van der Waals surface area (Å²) in [6.07, 6.45) is 2.69. The van der Waals surface area contributed by atoms with Crippen molar-refractivity contribution in [3.05, 3.63) is 12.1 Å².